The monoisotopic (exact) mass is 700 g/mol. The highest BCUT2D eigenvalue weighted by molar-refractivity contribution is 7.26. The van der Waals surface area contributed by atoms with Gasteiger partial charge in [-0.3, -0.25) is 0 Å². The van der Waals surface area contributed by atoms with Crippen molar-refractivity contribution < 1.29 is 22.3 Å². The second-order valence-corrected chi connectivity index (χ2v) is 15.1. The number of hydrogen-bond acceptors (Lipinski definition) is 4. The van der Waals surface area contributed by atoms with E-state index in [1.165, 1.54) is 42.9 Å². The molecule has 0 N–H and O–H groups in total. The van der Waals surface area contributed by atoms with Gasteiger partial charge >= 0.3 is 11.8 Å². The van der Waals surface area contributed by atoms with Gasteiger partial charge in [-0.05, 0) is 60.2 Å². The zero-order valence-electron chi connectivity index (χ0n) is 28.5. The Hall–Kier alpha value is -4.96. The Morgan fingerprint density at radius 2 is 1.78 bits per heavy atom. The van der Waals surface area contributed by atoms with E-state index in [0.717, 1.165) is 47.4 Å². The number of thiophene rings is 1. The highest BCUT2D eigenvalue weighted by atomic mass is 32.1. The van der Waals surface area contributed by atoms with E-state index in [-0.39, 0.29) is 6.04 Å². The highest BCUT2D eigenvalue weighted by Gasteiger charge is 2.73. The van der Waals surface area contributed by atoms with E-state index in [4.69, 9.17) is 9.97 Å². The fraction of sp³-hybridized carbons (Fsp3) is 0.293. The minimum atomic E-state index is -4.56. The van der Waals surface area contributed by atoms with Gasteiger partial charge in [0.05, 0.1) is 11.8 Å². The number of unbranched alkanes of at least 4 members (excludes halogenated alkanes) is 1. The van der Waals surface area contributed by atoms with Crippen LogP contribution < -0.4 is 9.13 Å². The van der Waals surface area contributed by atoms with Gasteiger partial charge < -0.3 is 0 Å². The number of fused-ring (bicyclic) bond motifs is 15. The maximum atomic E-state index is 14.3. The molecular weight excluding hydrogens is 666 g/mol. The lowest BCUT2D eigenvalue weighted by Crippen LogP contribution is -2.78. The molecule has 6 nitrogen and oxygen atoms in total. The molecule has 5 aromatic heterocycles. The summed E-state index contributed by atoms with van der Waals surface area (Å²) < 4.78 is 51.6. The van der Waals surface area contributed by atoms with Crippen molar-refractivity contribution in [3.63, 3.8) is 0 Å². The first-order valence-corrected chi connectivity index (χ1v) is 18.6. The van der Waals surface area contributed by atoms with Crippen molar-refractivity contribution in [3.05, 3.63) is 114 Å². The number of pyridine rings is 2. The maximum Gasteiger partial charge on any atom is 0.435 e. The second-order valence-electron chi connectivity index (χ2n) is 14.0. The van der Waals surface area contributed by atoms with Crippen LogP contribution in [0.2, 0.25) is 0 Å². The number of rotatable bonds is 6. The van der Waals surface area contributed by atoms with Crippen LogP contribution in [0, 0.1) is 0 Å². The summed E-state index contributed by atoms with van der Waals surface area (Å²) >= 11 is 1.84. The van der Waals surface area contributed by atoms with Gasteiger partial charge in [-0.15, -0.1) is 11.3 Å². The Balaban J connectivity index is 1.29. The molecular formula is C41H35F3N6S+2. The van der Waals surface area contributed by atoms with Gasteiger partial charge in [-0.25, -0.2) is 14.2 Å². The third-order valence-electron chi connectivity index (χ3n) is 11.8. The topological polar surface area (TPSA) is 51.4 Å². The van der Waals surface area contributed by atoms with Crippen molar-refractivity contribution in [2.75, 3.05) is 0 Å². The number of nitrogens with zero attached hydrogens (tertiary/aromatic N) is 6. The van der Waals surface area contributed by atoms with E-state index in [0.29, 0.717) is 18.5 Å². The number of benzene rings is 2. The van der Waals surface area contributed by atoms with E-state index < -0.39 is 22.9 Å². The summed E-state index contributed by atoms with van der Waals surface area (Å²) in [5.74, 6) is 0. The molecule has 0 saturated carbocycles. The molecule has 0 bridgehead atoms. The summed E-state index contributed by atoms with van der Waals surface area (Å²) in [5, 5.41) is 6.94. The van der Waals surface area contributed by atoms with Crippen LogP contribution >= 0.6 is 11.3 Å². The Kier molecular flexibility index (Phi) is 6.37. The number of allylic oxidation sites excluding steroid dienone is 2. The summed E-state index contributed by atoms with van der Waals surface area (Å²) in [6, 6.07) is 22.2. The summed E-state index contributed by atoms with van der Waals surface area (Å²) in [4.78, 5) is 9.64. The molecule has 7 heterocycles. The van der Waals surface area contributed by atoms with Gasteiger partial charge in [0, 0.05) is 55.9 Å². The van der Waals surface area contributed by atoms with E-state index in [1.807, 2.05) is 35.7 Å². The van der Waals surface area contributed by atoms with Crippen LogP contribution in [0.15, 0.2) is 97.0 Å². The zero-order chi connectivity index (χ0) is 34.9. The molecule has 0 spiro atoms. The molecule has 10 heteroatoms. The van der Waals surface area contributed by atoms with E-state index in [1.54, 1.807) is 17.1 Å². The minimum Gasteiger partial charge on any atom is -0.244 e. The van der Waals surface area contributed by atoms with Gasteiger partial charge in [0.15, 0.2) is 35.2 Å². The molecule has 10 rings (SSSR count). The zero-order valence-corrected chi connectivity index (χ0v) is 29.3. The normalized spacial score (nSPS) is 21.6. The first-order valence-electron chi connectivity index (χ1n) is 17.8. The third kappa shape index (κ3) is 3.76. The maximum absolute atomic E-state index is 14.3. The Bertz CT molecular complexity index is 2640. The fourth-order valence-corrected chi connectivity index (χ4v) is 11.0. The van der Waals surface area contributed by atoms with Crippen LogP contribution in [0.3, 0.4) is 0 Å². The van der Waals surface area contributed by atoms with Crippen molar-refractivity contribution in [2.24, 2.45) is 0 Å². The standard InChI is InChI=1S/C41H35F3N6S/c1-4-7-11-24-12-10-14-32-34(24)26-16-15-25-35(37(26)51-32)30-18-17-28-38(46-20-19-45-28)49(30)36(25)27-23-39(5-2)40(27,6-3)48-21-9-8-13-29(48)31-22-33(41(42,43)44)47-50(31)39/h8-10,12-23,36H,4-7,11H2,1-3H3/q+2/t36?,39?,40-/m1/s1. The molecule has 3 atom stereocenters. The van der Waals surface area contributed by atoms with Crippen LogP contribution in [0.25, 0.3) is 54.0 Å². The van der Waals surface area contributed by atoms with Crippen molar-refractivity contribution in [3.8, 4) is 22.6 Å². The molecule has 0 fully saturated rings. The average molecular weight is 701 g/mol. The molecule has 51 heavy (non-hydrogen) atoms. The van der Waals surface area contributed by atoms with Crippen LogP contribution in [0.4, 0.5) is 13.2 Å². The van der Waals surface area contributed by atoms with E-state index in [2.05, 4.69) is 83.5 Å². The van der Waals surface area contributed by atoms with E-state index in [9.17, 15) is 13.2 Å². The Morgan fingerprint density at radius 3 is 2.59 bits per heavy atom. The van der Waals surface area contributed by atoms with Gasteiger partial charge in [0.2, 0.25) is 11.2 Å². The largest absolute Gasteiger partial charge is 0.435 e. The average Bonchev–Trinajstić information content (AvgIpc) is 3.84. The smallest absolute Gasteiger partial charge is 0.244 e. The molecule has 3 aliphatic rings. The number of alkyl halides is 3. The van der Waals surface area contributed by atoms with Gasteiger partial charge in [0.25, 0.3) is 0 Å². The van der Waals surface area contributed by atoms with Crippen molar-refractivity contribution in [1.82, 2.24) is 19.7 Å². The quantitative estimate of drug-likeness (QED) is 0.128. The first kappa shape index (κ1) is 30.8. The van der Waals surface area contributed by atoms with Crippen molar-refractivity contribution in [1.29, 1.82) is 0 Å². The molecule has 0 saturated heterocycles. The minimum absolute atomic E-state index is 0.260. The van der Waals surface area contributed by atoms with Gasteiger partial charge in [-0.2, -0.15) is 22.8 Å². The summed E-state index contributed by atoms with van der Waals surface area (Å²) in [5.41, 5.74) is 6.34. The number of halogens is 3. The highest BCUT2D eigenvalue weighted by Crippen LogP contribution is 2.62. The number of aryl methyl sites for hydroxylation is 1. The van der Waals surface area contributed by atoms with Gasteiger partial charge in [0.1, 0.15) is 11.4 Å². The summed E-state index contributed by atoms with van der Waals surface area (Å²) in [7, 11) is 0. The van der Waals surface area contributed by atoms with E-state index >= 15 is 0 Å². The number of hydrogen-bond donors (Lipinski definition) is 0. The lowest BCUT2D eigenvalue weighted by Gasteiger charge is -2.55. The van der Waals surface area contributed by atoms with Crippen LogP contribution in [-0.2, 0) is 23.7 Å². The molecule has 7 aromatic rings. The Morgan fingerprint density at radius 1 is 0.922 bits per heavy atom. The van der Waals surface area contributed by atoms with Crippen LogP contribution in [0.1, 0.15) is 69.3 Å². The third-order valence-corrected chi connectivity index (χ3v) is 13.0. The SMILES string of the molecule is CCCCc1cccc2sc3c4c(ccc3c12)C(C1=CC2(CC)n3nc(C(F)(F)F)cc3-c3cccc[n+]3[C@]12CC)[n+]1c-4ccc2nccnc21. The molecule has 254 valence electrons. The summed E-state index contributed by atoms with van der Waals surface area (Å²) in [6.07, 6.45) is 7.70. The van der Waals surface area contributed by atoms with Crippen LogP contribution in [-0.4, -0.2) is 19.7 Å². The van der Waals surface area contributed by atoms with Crippen molar-refractivity contribution in [2.45, 2.75) is 76.2 Å². The predicted molar refractivity (Wildman–Crippen MR) is 192 cm³/mol. The molecule has 2 aliphatic heterocycles. The second kappa shape index (κ2) is 10.5. The molecule has 0 amide bonds. The molecule has 2 aromatic carbocycles. The Labute approximate surface area is 296 Å². The lowest BCUT2D eigenvalue weighted by atomic mass is 9.55. The molecule has 0 radical (unpaired) electrons. The summed E-state index contributed by atoms with van der Waals surface area (Å²) in [6.45, 7) is 6.45. The van der Waals surface area contributed by atoms with Crippen molar-refractivity contribution >= 4 is 42.7 Å². The molecule has 2 unspecified atom stereocenters. The predicted octanol–water partition coefficient (Wildman–Crippen LogP) is 9.23. The van der Waals surface area contributed by atoms with Gasteiger partial charge in [-0.1, -0.05) is 51.5 Å². The lowest BCUT2D eigenvalue weighted by molar-refractivity contribution is -0.775. The van der Waals surface area contributed by atoms with Crippen LogP contribution in [0.5, 0.6) is 0 Å². The fourth-order valence-electron chi connectivity index (χ4n) is 9.73. The first-order chi connectivity index (χ1) is 24.8. The number of aromatic nitrogens is 6. The molecule has 1 aliphatic carbocycles.